The highest BCUT2D eigenvalue weighted by Crippen LogP contribution is 2.27. The average molecular weight is 432 g/mol. The molecule has 0 bridgehead atoms. The third-order valence-corrected chi connectivity index (χ3v) is 6.01. The number of aromatic nitrogens is 2. The quantitative estimate of drug-likeness (QED) is 0.550. The lowest BCUT2D eigenvalue weighted by Gasteiger charge is -2.21. The van der Waals surface area contributed by atoms with E-state index < -0.39 is 0 Å². The smallest absolute Gasteiger partial charge is 0.251 e. The second-order valence-electron chi connectivity index (χ2n) is 8.70. The zero-order valence-corrected chi connectivity index (χ0v) is 19.2. The van der Waals surface area contributed by atoms with Crippen LogP contribution < -0.4 is 16.0 Å². The number of rotatable bonds is 8. The number of allylic oxidation sites excluding steroid dienone is 2. The molecule has 6 heteroatoms. The van der Waals surface area contributed by atoms with Gasteiger partial charge in [-0.2, -0.15) is 0 Å². The van der Waals surface area contributed by atoms with Gasteiger partial charge in [0.05, 0.1) is 0 Å². The number of nitrogens with one attached hydrogen (secondary N) is 3. The largest absolute Gasteiger partial charge is 0.389 e. The molecule has 6 nitrogen and oxygen atoms in total. The topological polar surface area (TPSA) is 78.9 Å². The first-order valence-electron chi connectivity index (χ1n) is 11.7. The summed E-state index contributed by atoms with van der Waals surface area (Å²) in [7, 11) is 0. The van der Waals surface area contributed by atoms with Gasteiger partial charge in [0.25, 0.3) is 5.91 Å². The molecule has 1 amide bonds. The van der Waals surface area contributed by atoms with Gasteiger partial charge in [-0.3, -0.25) is 4.79 Å². The summed E-state index contributed by atoms with van der Waals surface area (Å²) in [5, 5.41) is 9.73. The molecule has 0 radical (unpaired) electrons. The Hall–Kier alpha value is -3.15. The molecule has 3 N–H and O–H groups in total. The molecule has 1 aliphatic heterocycles. The van der Waals surface area contributed by atoms with Crippen LogP contribution in [-0.2, 0) is 25.7 Å². The number of hydrogen-bond acceptors (Lipinski definition) is 5. The standard InChI is InChI=1S/C26H33N5O/c1-4-12-27-17(2)14-18(3)29-25-22-7-5-6-8-23(22)30-24(31-25)16-19-9-10-21-20(15-19)11-13-28-26(21)32/h9-10,14-15,27H,3-8,11-13,16H2,1-2H3,(H,28,32)(H,29,30,31)/b17-14-. The van der Waals surface area contributed by atoms with Crippen LogP contribution in [0, 0.1) is 0 Å². The number of carbonyl (C=O) groups is 1. The van der Waals surface area contributed by atoms with Crippen LogP contribution in [0.3, 0.4) is 0 Å². The van der Waals surface area contributed by atoms with Crippen molar-refractivity contribution in [2.75, 3.05) is 18.4 Å². The highest BCUT2D eigenvalue weighted by molar-refractivity contribution is 5.96. The normalized spacial score (nSPS) is 15.4. The highest BCUT2D eigenvalue weighted by Gasteiger charge is 2.20. The molecular weight excluding hydrogens is 398 g/mol. The van der Waals surface area contributed by atoms with E-state index in [-0.39, 0.29) is 5.91 Å². The van der Waals surface area contributed by atoms with Crippen LogP contribution in [0.4, 0.5) is 5.82 Å². The van der Waals surface area contributed by atoms with Gasteiger partial charge in [0.15, 0.2) is 0 Å². The summed E-state index contributed by atoms with van der Waals surface area (Å²) < 4.78 is 0. The molecule has 2 aromatic rings. The molecule has 0 unspecified atom stereocenters. The molecule has 168 valence electrons. The third-order valence-electron chi connectivity index (χ3n) is 6.01. The Morgan fingerprint density at radius 2 is 2.06 bits per heavy atom. The summed E-state index contributed by atoms with van der Waals surface area (Å²) in [4.78, 5) is 21.9. The zero-order valence-electron chi connectivity index (χ0n) is 19.2. The van der Waals surface area contributed by atoms with Crippen LogP contribution in [0.15, 0.2) is 42.2 Å². The number of fused-ring (bicyclic) bond motifs is 2. The van der Waals surface area contributed by atoms with Crippen molar-refractivity contribution >= 4 is 11.7 Å². The first-order valence-corrected chi connectivity index (χ1v) is 11.7. The molecular formula is C26H33N5O. The number of benzene rings is 1. The fraction of sp³-hybridized carbons (Fsp3) is 0.423. The van der Waals surface area contributed by atoms with E-state index in [0.717, 1.165) is 90.5 Å². The lowest BCUT2D eigenvalue weighted by Crippen LogP contribution is -2.31. The number of anilines is 1. The summed E-state index contributed by atoms with van der Waals surface area (Å²) in [6, 6.07) is 6.08. The SMILES string of the molecule is C=C(/C=C(/C)NCCC)Nc1nc(Cc2ccc3c(c2)CCNC3=O)nc2c1CCCC2. The molecule has 32 heavy (non-hydrogen) atoms. The van der Waals surface area contributed by atoms with E-state index in [9.17, 15) is 4.79 Å². The summed E-state index contributed by atoms with van der Waals surface area (Å²) in [6.07, 6.45) is 8.94. The number of aryl methyl sites for hydroxylation is 1. The van der Waals surface area contributed by atoms with Gasteiger partial charge in [0.1, 0.15) is 11.6 Å². The Morgan fingerprint density at radius 3 is 2.91 bits per heavy atom. The maximum absolute atomic E-state index is 12.0. The molecule has 2 aliphatic rings. The van der Waals surface area contributed by atoms with Crippen LogP contribution in [-0.4, -0.2) is 29.0 Å². The van der Waals surface area contributed by atoms with Crippen LogP contribution in [0.25, 0.3) is 0 Å². The van der Waals surface area contributed by atoms with Gasteiger partial charge in [-0.1, -0.05) is 25.6 Å². The number of amides is 1. The molecule has 2 heterocycles. The fourth-order valence-electron chi connectivity index (χ4n) is 4.42. The maximum Gasteiger partial charge on any atom is 0.251 e. The maximum atomic E-state index is 12.0. The molecule has 1 aromatic carbocycles. The van der Waals surface area contributed by atoms with E-state index in [0.29, 0.717) is 13.0 Å². The zero-order chi connectivity index (χ0) is 22.5. The van der Waals surface area contributed by atoms with E-state index in [4.69, 9.17) is 9.97 Å². The first-order chi connectivity index (χ1) is 15.5. The van der Waals surface area contributed by atoms with E-state index in [2.05, 4.69) is 42.4 Å². The van der Waals surface area contributed by atoms with Crippen LogP contribution >= 0.6 is 0 Å². The molecule has 0 saturated carbocycles. The van der Waals surface area contributed by atoms with Gasteiger partial charge in [-0.25, -0.2) is 9.97 Å². The monoisotopic (exact) mass is 431 g/mol. The van der Waals surface area contributed by atoms with Crippen LogP contribution in [0.1, 0.15) is 71.7 Å². The van der Waals surface area contributed by atoms with Gasteiger partial charge in [0.2, 0.25) is 0 Å². The average Bonchev–Trinajstić information content (AvgIpc) is 2.78. The summed E-state index contributed by atoms with van der Waals surface area (Å²) in [5.41, 5.74) is 7.31. The van der Waals surface area contributed by atoms with E-state index >= 15 is 0 Å². The minimum Gasteiger partial charge on any atom is -0.389 e. The van der Waals surface area contributed by atoms with Gasteiger partial charge < -0.3 is 16.0 Å². The van der Waals surface area contributed by atoms with Crippen molar-refractivity contribution in [3.63, 3.8) is 0 Å². The lowest BCUT2D eigenvalue weighted by atomic mass is 9.95. The predicted molar refractivity (Wildman–Crippen MR) is 129 cm³/mol. The molecule has 0 spiro atoms. The Morgan fingerprint density at radius 1 is 1.22 bits per heavy atom. The van der Waals surface area contributed by atoms with E-state index in [1.807, 2.05) is 18.2 Å². The number of hydrogen-bond donors (Lipinski definition) is 3. The van der Waals surface area contributed by atoms with Crippen molar-refractivity contribution in [2.24, 2.45) is 0 Å². The van der Waals surface area contributed by atoms with Crippen molar-refractivity contribution < 1.29 is 4.79 Å². The molecule has 1 aromatic heterocycles. The first kappa shape index (κ1) is 22.1. The molecule has 0 atom stereocenters. The summed E-state index contributed by atoms with van der Waals surface area (Å²) in [6.45, 7) is 10.0. The van der Waals surface area contributed by atoms with Crippen molar-refractivity contribution in [2.45, 2.75) is 58.8 Å². The minimum atomic E-state index is 0.0182. The predicted octanol–water partition coefficient (Wildman–Crippen LogP) is 4.06. The van der Waals surface area contributed by atoms with Crippen molar-refractivity contribution in [1.29, 1.82) is 0 Å². The van der Waals surface area contributed by atoms with Crippen LogP contribution in [0.5, 0.6) is 0 Å². The molecule has 0 saturated heterocycles. The second kappa shape index (κ2) is 9.98. The van der Waals surface area contributed by atoms with Gasteiger partial charge in [-0.05, 0) is 68.7 Å². The second-order valence-corrected chi connectivity index (χ2v) is 8.70. The van der Waals surface area contributed by atoms with Gasteiger partial charge in [-0.15, -0.1) is 0 Å². The van der Waals surface area contributed by atoms with E-state index in [1.165, 1.54) is 5.56 Å². The minimum absolute atomic E-state index is 0.0182. The van der Waals surface area contributed by atoms with E-state index in [1.54, 1.807) is 0 Å². The highest BCUT2D eigenvalue weighted by atomic mass is 16.1. The Bertz CT molecular complexity index is 1060. The Kier molecular flexibility index (Phi) is 6.88. The fourth-order valence-corrected chi connectivity index (χ4v) is 4.42. The summed E-state index contributed by atoms with van der Waals surface area (Å²) in [5.74, 6) is 1.71. The Labute approximate surface area is 190 Å². The van der Waals surface area contributed by atoms with Crippen molar-refractivity contribution in [3.05, 3.63) is 76.0 Å². The molecule has 0 fully saturated rings. The number of nitrogens with zero attached hydrogens (tertiary/aromatic N) is 2. The van der Waals surface area contributed by atoms with Gasteiger partial charge >= 0.3 is 0 Å². The molecule has 1 aliphatic carbocycles. The van der Waals surface area contributed by atoms with Crippen molar-refractivity contribution in [1.82, 2.24) is 20.6 Å². The third kappa shape index (κ3) is 5.18. The Balaban J connectivity index is 1.57. The molecule has 4 rings (SSSR count). The summed E-state index contributed by atoms with van der Waals surface area (Å²) >= 11 is 0. The van der Waals surface area contributed by atoms with Crippen molar-refractivity contribution in [3.8, 4) is 0 Å². The van der Waals surface area contributed by atoms with Gasteiger partial charge in [0, 0.05) is 47.7 Å². The number of carbonyl (C=O) groups excluding carboxylic acids is 1. The van der Waals surface area contributed by atoms with Crippen LogP contribution in [0.2, 0.25) is 0 Å². The lowest BCUT2D eigenvalue weighted by molar-refractivity contribution is 0.0946.